The van der Waals surface area contributed by atoms with Gasteiger partial charge in [-0.05, 0) is 48.5 Å². The topological polar surface area (TPSA) is 71.1 Å². The average molecular weight is 370 g/mol. The zero-order valence-electron chi connectivity index (χ0n) is 13.4. The lowest BCUT2D eigenvalue weighted by Crippen LogP contribution is -2.18. The minimum Gasteiger partial charge on any atom is -0.321 e. The van der Waals surface area contributed by atoms with Gasteiger partial charge in [0.2, 0.25) is 0 Å². The summed E-state index contributed by atoms with van der Waals surface area (Å²) >= 11 is 6.01. The molecule has 2 aromatic carbocycles. The zero-order chi connectivity index (χ0) is 18.5. The summed E-state index contributed by atoms with van der Waals surface area (Å²) < 4.78 is 12.9. The highest BCUT2D eigenvalue weighted by Gasteiger charge is 2.13. The third-order valence-electron chi connectivity index (χ3n) is 3.44. The van der Waals surface area contributed by atoms with Crippen molar-refractivity contribution in [2.45, 2.75) is 0 Å². The van der Waals surface area contributed by atoms with E-state index in [0.29, 0.717) is 16.4 Å². The van der Waals surface area contributed by atoms with Gasteiger partial charge in [0, 0.05) is 5.69 Å². The first-order chi connectivity index (χ1) is 12.5. The summed E-state index contributed by atoms with van der Waals surface area (Å²) in [5.74, 6) is -1.40. The highest BCUT2D eigenvalue weighted by molar-refractivity contribution is 6.33. The predicted molar refractivity (Wildman–Crippen MR) is 98.0 cm³/mol. The molecule has 0 aliphatic carbocycles. The van der Waals surface area contributed by atoms with E-state index in [4.69, 9.17) is 11.6 Å². The van der Waals surface area contributed by atoms with Crippen molar-refractivity contribution < 1.29 is 14.0 Å². The number of hydrogen-bond donors (Lipinski definition) is 2. The zero-order valence-corrected chi connectivity index (χ0v) is 14.1. The van der Waals surface area contributed by atoms with Crippen LogP contribution < -0.4 is 10.6 Å². The Hall–Kier alpha value is -3.25. The van der Waals surface area contributed by atoms with Crippen LogP contribution in [0.5, 0.6) is 0 Å². The normalized spacial score (nSPS) is 10.2. The van der Waals surface area contributed by atoms with Crippen molar-refractivity contribution >= 4 is 34.8 Å². The van der Waals surface area contributed by atoms with Crippen LogP contribution >= 0.6 is 11.6 Å². The second kappa shape index (κ2) is 7.76. The van der Waals surface area contributed by atoms with Crippen molar-refractivity contribution in [1.82, 2.24) is 4.98 Å². The van der Waals surface area contributed by atoms with E-state index in [1.165, 1.54) is 36.4 Å². The number of carbonyl (C=O) groups excluding carboxylic acids is 2. The standard InChI is InChI=1S/C19H13ClFN3O2/c20-14-4-1-2-5-15(14)24-19(26)17-7-3-6-16(23-17)18(25)22-13-10-8-12(21)9-11-13/h1-11H,(H,22,25)(H,24,26). The third-order valence-corrected chi connectivity index (χ3v) is 3.77. The summed E-state index contributed by atoms with van der Waals surface area (Å²) in [6.45, 7) is 0. The van der Waals surface area contributed by atoms with Crippen LogP contribution in [0.3, 0.4) is 0 Å². The molecule has 0 radical (unpaired) electrons. The highest BCUT2D eigenvalue weighted by Crippen LogP contribution is 2.21. The van der Waals surface area contributed by atoms with Crippen molar-refractivity contribution in [3.63, 3.8) is 0 Å². The molecule has 0 bridgehead atoms. The monoisotopic (exact) mass is 369 g/mol. The number of nitrogens with one attached hydrogen (secondary N) is 2. The molecule has 26 heavy (non-hydrogen) atoms. The van der Waals surface area contributed by atoms with Gasteiger partial charge in [-0.3, -0.25) is 9.59 Å². The molecule has 0 fully saturated rings. The minimum atomic E-state index is -0.510. The van der Waals surface area contributed by atoms with E-state index in [-0.39, 0.29) is 11.4 Å². The van der Waals surface area contributed by atoms with E-state index in [9.17, 15) is 14.0 Å². The Morgan fingerprint density at radius 3 is 2.08 bits per heavy atom. The fourth-order valence-electron chi connectivity index (χ4n) is 2.16. The van der Waals surface area contributed by atoms with E-state index in [2.05, 4.69) is 15.6 Å². The Balaban J connectivity index is 1.75. The van der Waals surface area contributed by atoms with E-state index < -0.39 is 17.6 Å². The van der Waals surface area contributed by atoms with Gasteiger partial charge in [0.15, 0.2) is 0 Å². The SMILES string of the molecule is O=C(Nc1ccc(F)cc1)c1cccc(C(=O)Nc2ccccc2Cl)n1. The number of carbonyl (C=O) groups is 2. The number of para-hydroxylation sites is 1. The number of nitrogens with zero attached hydrogens (tertiary/aromatic N) is 1. The second-order valence-corrected chi connectivity index (χ2v) is 5.71. The molecule has 0 spiro atoms. The van der Waals surface area contributed by atoms with Crippen molar-refractivity contribution in [2.75, 3.05) is 10.6 Å². The fraction of sp³-hybridized carbons (Fsp3) is 0. The number of benzene rings is 2. The van der Waals surface area contributed by atoms with Crippen molar-refractivity contribution in [3.8, 4) is 0 Å². The first kappa shape index (κ1) is 17.6. The van der Waals surface area contributed by atoms with Gasteiger partial charge >= 0.3 is 0 Å². The molecule has 3 rings (SSSR count). The van der Waals surface area contributed by atoms with Gasteiger partial charge < -0.3 is 10.6 Å². The van der Waals surface area contributed by atoms with Crippen LogP contribution in [0.2, 0.25) is 5.02 Å². The van der Waals surface area contributed by atoms with Gasteiger partial charge in [-0.1, -0.05) is 29.8 Å². The number of anilines is 2. The molecule has 0 atom stereocenters. The first-order valence-corrected chi connectivity index (χ1v) is 8.00. The smallest absolute Gasteiger partial charge is 0.274 e. The minimum absolute atomic E-state index is 0.0566. The molecule has 0 saturated carbocycles. The van der Waals surface area contributed by atoms with Gasteiger partial charge in [0.25, 0.3) is 11.8 Å². The molecule has 2 N–H and O–H groups in total. The maximum absolute atomic E-state index is 12.9. The van der Waals surface area contributed by atoms with Crippen molar-refractivity contribution in [2.24, 2.45) is 0 Å². The van der Waals surface area contributed by atoms with Gasteiger partial charge in [-0.15, -0.1) is 0 Å². The Kier molecular flexibility index (Phi) is 5.24. The van der Waals surface area contributed by atoms with E-state index >= 15 is 0 Å². The lowest BCUT2D eigenvalue weighted by molar-refractivity contribution is 0.101. The van der Waals surface area contributed by atoms with Gasteiger partial charge in [0.05, 0.1) is 10.7 Å². The predicted octanol–water partition coefficient (Wildman–Crippen LogP) is 4.38. The molecule has 5 nitrogen and oxygen atoms in total. The van der Waals surface area contributed by atoms with Crippen molar-refractivity contribution in [1.29, 1.82) is 0 Å². The van der Waals surface area contributed by atoms with Crippen LogP contribution in [0.1, 0.15) is 21.0 Å². The number of pyridine rings is 1. The largest absolute Gasteiger partial charge is 0.321 e. The summed E-state index contributed by atoms with van der Waals surface area (Å²) in [6, 6.07) is 16.6. The molecule has 1 aromatic heterocycles. The number of amides is 2. The van der Waals surface area contributed by atoms with Crippen LogP contribution in [0.4, 0.5) is 15.8 Å². The molecule has 0 aliphatic rings. The molecular weight excluding hydrogens is 357 g/mol. The van der Waals surface area contributed by atoms with Crippen LogP contribution in [0.25, 0.3) is 0 Å². The lowest BCUT2D eigenvalue weighted by Gasteiger charge is -2.08. The lowest BCUT2D eigenvalue weighted by atomic mass is 10.2. The van der Waals surface area contributed by atoms with Gasteiger partial charge in [0.1, 0.15) is 17.2 Å². The summed E-state index contributed by atoms with van der Waals surface area (Å²) in [6.07, 6.45) is 0. The Morgan fingerprint density at radius 2 is 1.42 bits per heavy atom. The molecule has 3 aromatic rings. The van der Waals surface area contributed by atoms with E-state index in [1.807, 2.05) is 0 Å². The van der Waals surface area contributed by atoms with Gasteiger partial charge in [-0.2, -0.15) is 0 Å². The average Bonchev–Trinajstić information content (AvgIpc) is 2.65. The summed E-state index contributed by atoms with van der Waals surface area (Å²) in [4.78, 5) is 28.7. The van der Waals surface area contributed by atoms with E-state index in [1.54, 1.807) is 30.3 Å². The van der Waals surface area contributed by atoms with Crippen LogP contribution in [0.15, 0.2) is 66.7 Å². The summed E-state index contributed by atoms with van der Waals surface area (Å²) in [5.41, 5.74) is 0.990. The number of halogens is 2. The fourth-order valence-corrected chi connectivity index (χ4v) is 2.35. The van der Waals surface area contributed by atoms with Crippen LogP contribution in [0, 0.1) is 5.82 Å². The van der Waals surface area contributed by atoms with Crippen LogP contribution in [-0.2, 0) is 0 Å². The number of hydrogen-bond acceptors (Lipinski definition) is 3. The molecule has 0 unspecified atom stereocenters. The Bertz CT molecular complexity index is 961. The second-order valence-electron chi connectivity index (χ2n) is 5.30. The summed E-state index contributed by atoms with van der Waals surface area (Å²) in [7, 11) is 0. The molecule has 130 valence electrons. The Labute approximate surface area is 153 Å². The molecule has 1 heterocycles. The maximum Gasteiger partial charge on any atom is 0.274 e. The summed E-state index contributed by atoms with van der Waals surface area (Å²) in [5, 5.41) is 5.63. The highest BCUT2D eigenvalue weighted by atomic mass is 35.5. The molecule has 0 aliphatic heterocycles. The van der Waals surface area contributed by atoms with Crippen LogP contribution in [-0.4, -0.2) is 16.8 Å². The first-order valence-electron chi connectivity index (χ1n) is 7.63. The number of rotatable bonds is 4. The molecule has 2 amide bonds. The van der Waals surface area contributed by atoms with Crippen molar-refractivity contribution in [3.05, 3.63) is 89.0 Å². The van der Waals surface area contributed by atoms with Gasteiger partial charge in [-0.25, -0.2) is 9.37 Å². The maximum atomic E-state index is 12.9. The number of aromatic nitrogens is 1. The van der Waals surface area contributed by atoms with E-state index in [0.717, 1.165) is 0 Å². The molecule has 7 heteroatoms. The Morgan fingerprint density at radius 1 is 0.808 bits per heavy atom. The molecule has 0 saturated heterocycles. The molecular formula is C19H13ClFN3O2. The quantitative estimate of drug-likeness (QED) is 0.717. The third kappa shape index (κ3) is 4.23.